The first-order valence-corrected chi connectivity index (χ1v) is 7.44. The van der Waals surface area contributed by atoms with Crippen LogP contribution >= 0.6 is 0 Å². The average molecular weight is 304 g/mol. The van der Waals surface area contributed by atoms with E-state index in [1.54, 1.807) is 32.9 Å². The van der Waals surface area contributed by atoms with Gasteiger partial charge in [0.2, 0.25) is 0 Å². The molecule has 1 N–H and O–H groups in total. The third kappa shape index (κ3) is 2.53. The number of esters is 1. The Labute approximate surface area is 129 Å². The summed E-state index contributed by atoms with van der Waals surface area (Å²) in [6.45, 7) is 7.28. The molecule has 6 heteroatoms. The van der Waals surface area contributed by atoms with Crippen LogP contribution in [0.3, 0.4) is 0 Å². The molecule has 118 valence electrons. The number of hydrogen-bond acceptors (Lipinski definition) is 5. The van der Waals surface area contributed by atoms with Crippen LogP contribution in [-0.2, 0) is 14.9 Å². The van der Waals surface area contributed by atoms with Crippen molar-refractivity contribution in [2.75, 3.05) is 5.32 Å². The Balaban J connectivity index is 1.86. The number of amides is 1. The molecule has 0 radical (unpaired) electrons. The summed E-state index contributed by atoms with van der Waals surface area (Å²) in [5.41, 5.74) is 0.457. The zero-order valence-corrected chi connectivity index (χ0v) is 13.2. The molecule has 1 aliphatic carbocycles. The molecule has 22 heavy (non-hydrogen) atoms. The van der Waals surface area contributed by atoms with Gasteiger partial charge in [0.15, 0.2) is 0 Å². The van der Waals surface area contributed by atoms with Gasteiger partial charge in [0.25, 0.3) is 0 Å². The van der Waals surface area contributed by atoms with Gasteiger partial charge >= 0.3 is 12.1 Å². The molecule has 1 spiro atoms. The van der Waals surface area contributed by atoms with Crippen molar-refractivity contribution in [3.05, 3.63) is 23.4 Å². The maximum atomic E-state index is 12.0. The van der Waals surface area contributed by atoms with E-state index in [9.17, 15) is 9.59 Å². The molecule has 1 aliphatic heterocycles. The van der Waals surface area contributed by atoms with E-state index in [-0.39, 0.29) is 17.5 Å². The zero-order chi connectivity index (χ0) is 16.1. The summed E-state index contributed by atoms with van der Waals surface area (Å²) in [7, 11) is 0. The van der Waals surface area contributed by atoms with Gasteiger partial charge in [-0.2, -0.15) is 0 Å². The molecule has 6 nitrogen and oxygen atoms in total. The lowest BCUT2D eigenvalue weighted by molar-refractivity contribution is 0.0183. The molecule has 1 saturated carbocycles. The van der Waals surface area contributed by atoms with Crippen molar-refractivity contribution < 1.29 is 19.1 Å². The topological polar surface area (TPSA) is 77.5 Å². The molecule has 0 aromatic carbocycles. The quantitative estimate of drug-likeness (QED) is 0.807. The number of ether oxygens (including phenoxy) is 2. The van der Waals surface area contributed by atoms with Crippen LogP contribution in [0.2, 0.25) is 0 Å². The molecule has 1 aromatic heterocycles. The van der Waals surface area contributed by atoms with E-state index >= 15 is 0 Å². The van der Waals surface area contributed by atoms with Crippen LogP contribution in [0, 0.1) is 0 Å². The SMILES string of the molecule is C[C@H]1OC(=O)c2ccc(NC(=O)OC(C)(C)C)nc2C12CC2. The van der Waals surface area contributed by atoms with Crippen LogP contribution in [0.5, 0.6) is 0 Å². The van der Waals surface area contributed by atoms with Crippen LogP contribution in [0.15, 0.2) is 12.1 Å². The predicted octanol–water partition coefficient (Wildman–Crippen LogP) is 3.02. The van der Waals surface area contributed by atoms with E-state index in [1.807, 2.05) is 6.92 Å². The van der Waals surface area contributed by atoms with Crippen LogP contribution in [0.25, 0.3) is 0 Å². The van der Waals surface area contributed by atoms with E-state index in [2.05, 4.69) is 10.3 Å². The minimum Gasteiger partial charge on any atom is -0.458 e. The number of nitrogens with zero attached hydrogens (tertiary/aromatic N) is 1. The van der Waals surface area contributed by atoms with Gasteiger partial charge in [0, 0.05) is 0 Å². The number of carbonyl (C=O) groups is 2. The zero-order valence-electron chi connectivity index (χ0n) is 13.2. The monoisotopic (exact) mass is 304 g/mol. The normalized spacial score (nSPS) is 21.8. The van der Waals surface area contributed by atoms with E-state index in [0.29, 0.717) is 11.4 Å². The van der Waals surface area contributed by atoms with Gasteiger partial charge in [-0.05, 0) is 52.7 Å². The Kier molecular flexibility index (Phi) is 3.16. The molecule has 1 atom stereocenters. The molecule has 1 amide bonds. The smallest absolute Gasteiger partial charge is 0.413 e. The van der Waals surface area contributed by atoms with Crippen molar-refractivity contribution in [1.29, 1.82) is 0 Å². The van der Waals surface area contributed by atoms with E-state index in [1.165, 1.54) is 0 Å². The summed E-state index contributed by atoms with van der Waals surface area (Å²) in [4.78, 5) is 28.3. The molecular weight excluding hydrogens is 284 g/mol. The number of aromatic nitrogens is 1. The summed E-state index contributed by atoms with van der Waals surface area (Å²) in [5.74, 6) is 0.0394. The van der Waals surface area contributed by atoms with Gasteiger partial charge in [-0.1, -0.05) is 0 Å². The second kappa shape index (κ2) is 4.69. The summed E-state index contributed by atoms with van der Waals surface area (Å²) < 4.78 is 10.6. The van der Waals surface area contributed by atoms with E-state index in [4.69, 9.17) is 9.47 Å². The van der Waals surface area contributed by atoms with Crippen LogP contribution in [0.4, 0.5) is 10.6 Å². The largest absolute Gasteiger partial charge is 0.458 e. The molecular formula is C16H20N2O4. The molecule has 0 bridgehead atoms. The lowest BCUT2D eigenvalue weighted by Gasteiger charge is -2.30. The lowest BCUT2D eigenvalue weighted by atomic mass is 9.89. The van der Waals surface area contributed by atoms with Crippen molar-refractivity contribution in [3.8, 4) is 0 Å². The summed E-state index contributed by atoms with van der Waals surface area (Å²) in [6, 6.07) is 3.25. The number of hydrogen-bond donors (Lipinski definition) is 1. The number of pyridine rings is 1. The number of cyclic esters (lactones) is 1. The third-order valence-corrected chi connectivity index (χ3v) is 4.07. The Morgan fingerprint density at radius 3 is 2.68 bits per heavy atom. The Morgan fingerprint density at radius 2 is 2.09 bits per heavy atom. The highest BCUT2D eigenvalue weighted by Crippen LogP contribution is 2.54. The van der Waals surface area contributed by atoms with Gasteiger partial charge < -0.3 is 9.47 Å². The number of nitrogens with one attached hydrogen (secondary N) is 1. The third-order valence-electron chi connectivity index (χ3n) is 4.07. The average Bonchev–Trinajstić information content (AvgIpc) is 3.15. The second-order valence-corrected chi connectivity index (χ2v) is 6.92. The fraction of sp³-hybridized carbons (Fsp3) is 0.562. The molecule has 1 aromatic rings. The Hall–Kier alpha value is -2.11. The highest BCUT2D eigenvalue weighted by atomic mass is 16.6. The first kappa shape index (κ1) is 14.8. The maximum Gasteiger partial charge on any atom is 0.413 e. The van der Waals surface area contributed by atoms with E-state index < -0.39 is 11.7 Å². The van der Waals surface area contributed by atoms with Gasteiger partial charge in [-0.15, -0.1) is 0 Å². The van der Waals surface area contributed by atoms with Crippen molar-refractivity contribution in [3.63, 3.8) is 0 Å². The van der Waals surface area contributed by atoms with Crippen molar-refractivity contribution in [1.82, 2.24) is 4.98 Å². The number of rotatable bonds is 1. The Morgan fingerprint density at radius 1 is 1.41 bits per heavy atom. The molecule has 0 unspecified atom stereocenters. The second-order valence-electron chi connectivity index (χ2n) is 6.92. The molecule has 3 rings (SSSR count). The van der Waals surface area contributed by atoms with Gasteiger partial charge in [-0.25, -0.2) is 14.6 Å². The van der Waals surface area contributed by atoms with Gasteiger partial charge in [0.1, 0.15) is 17.5 Å². The fourth-order valence-electron chi connectivity index (χ4n) is 2.79. The standard InChI is InChI=1S/C16H20N2O4/c1-9-16(7-8-16)12-10(13(19)21-9)5-6-11(17-12)18-14(20)22-15(2,3)4/h5-6,9H,7-8H2,1-4H3,(H,17,18,20)/t9-/m1/s1. The van der Waals surface area contributed by atoms with Crippen molar-refractivity contribution in [2.45, 2.75) is 57.7 Å². The van der Waals surface area contributed by atoms with Crippen molar-refractivity contribution >= 4 is 17.9 Å². The van der Waals surface area contributed by atoms with Crippen LogP contribution in [0.1, 0.15) is 56.6 Å². The predicted molar refractivity (Wildman–Crippen MR) is 79.9 cm³/mol. The lowest BCUT2D eigenvalue weighted by Crippen LogP contribution is -2.37. The minimum absolute atomic E-state index is 0.184. The first-order chi connectivity index (χ1) is 10.2. The number of carbonyl (C=O) groups excluding carboxylic acids is 2. The highest BCUT2D eigenvalue weighted by Gasteiger charge is 2.56. The first-order valence-electron chi connectivity index (χ1n) is 7.44. The molecule has 2 heterocycles. The molecule has 1 fully saturated rings. The number of fused-ring (bicyclic) bond motifs is 2. The Bertz CT molecular complexity index is 644. The van der Waals surface area contributed by atoms with Crippen molar-refractivity contribution in [2.24, 2.45) is 0 Å². The van der Waals surface area contributed by atoms with Gasteiger partial charge in [0.05, 0.1) is 16.7 Å². The maximum absolute atomic E-state index is 12.0. The van der Waals surface area contributed by atoms with Gasteiger partial charge in [-0.3, -0.25) is 5.32 Å². The summed E-state index contributed by atoms with van der Waals surface area (Å²) >= 11 is 0. The fourth-order valence-corrected chi connectivity index (χ4v) is 2.79. The summed E-state index contributed by atoms with van der Waals surface area (Å²) in [6.07, 6.45) is 1.14. The summed E-state index contributed by atoms with van der Waals surface area (Å²) in [5, 5.41) is 2.62. The minimum atomic E-state index is -0.575. The van der Waals surface area contributed by atoms with Crippen LogP contribution < -0.4 is 5.32 Å². The van der Waals surface area contributed by atoms with E-state index in [0.717, 1.165) is 18.5 Å². The number of anilines is 1. The molecule has 2 aliphatic rings. The van der Waals surface area contributed by atoms with Crippen LogP contribution in [-0.4, -0.2) is 28.8 Å². The molecule has 0 saturated heterocycles. The highest BCUT2D eigenvalue weighted by molar-refractivity contribution is 5.93.